The maximum Gasteiger partial charge on any atom is 0.307 e. The molecule has 4 fully saturated rings. The van der Waals surface area contributed by atoms with E-state index < -0.39 is 17.6 Å². The van der Waals surface area contributed by atoms with E-state index in [-0.39, 0.29) is 17.8 Å². The van der Waals surface area contributed by atoms with Gasteiger partial charge in [-0.15, -0.1) is 0 Å². The molecule has 4 saturated carbocycles. The number of nitrogens with zero attached hydrogens (tertiary/aromatic N) is 1. The van der Waals surface area contributed by atoms with Crippen molar-refractivity contribution in [3.63, 3.8) is 0 Å². The molecule has 6 heteroatoms. The van der Waals surface area contributed by atoms with Crippen LogP contribution < -0.4 is 5.32 Å². The Morgan fingerprint density at radius 3 is 2.46 bits per heavy atom. The van der Waals surface area contributed by atoms with Gasteiger partial charge in [0.15, 0.2) is 6.10 Å². The first-order chi connectivity index (χ1) is 13.3. The molecule has 5 atom stereocenters. The first-order valence-corrected chi connectivity index (χ1v) is 10.0. The van der Waals surface area contributed by atoms with Gasteiger partial charge in [0.1, 0.15) is 0 Å². The molecule has 28 heavy (non-hydrogen) atoms. The summed E-state index contributed by atoms with van der Waals surface area (Å²) in [5.41, 5.74) is 0.284. The van der Waals surface area contributed by atoms with Crippen LogP contribution in [0.3, 0.4) is 0 Å². The van der Waals surface area contributed by atoms with Crippen molar-refractivity contribution in [1.29, 1.82) is 5.26 Å². The minimum absolute atomic E-state index is 0.167. The van der Waals surface area contributed by atoms with Crippen molar-refractivity contribution in [3.05, 3.63) is 29.8 Å². The average molecular weight is 382 g/mol. The first-order valence-electron chi connectivity index (χ1n) is 10.0. The fourth-order valence-corrected chi connectivity index (χ4v) is 6.08. The van der Waals surface area contributed by atoms with Crippen LogP contribution in [0.5, 0.6) is 0 Å². The SMILES string of the molecule is C[C@H](OC(=O)CC12C[C@@H]3C[C@@H](CC(O)(C3)C1)C2)C(=O)Nc1ccc(C#N)cc1. The average Bonchev–Trinajstić information content (AvgIpc) is 2.59. The lowest BCUT2D eigenvalue weighted by Gasteiger charge is -2.60. The lowest BCUT2D eigenvalue weighted by molar-refractivity contribution is -0.179. The predicted octanol–water partition coefficient (Wildman–Crippen LogP) is 3.15. The molecule has 0 heterocycles. The van der Waals surface area contributed by atoms with Gasteiger partial charge >= 0.3 is 5.97 Å². The van der Waals surface area contributed by atoms with Gasteiger partial charge in [-0.05, 0) is 87.0 Å². The zero-order valence-electron chi connectivity index (χ0n) is 16.1. The van der Waals surface area contributed by atoms with Crippen LogP contribution in [0.2, 0.25) is 0 Å². The number of amides is 1. The molecule has 0 radical (unpaired) electrons. The molecule has 4 aliphatic rings. The Morgan fingerprint density at radius 1 is 1.25 bits per heavy atom. The summed E-state index contributed by atoms with van der Waals surface area (Å²) in [6.45, 7) is 1.56. The molecule has 2 N–H and O–H groups in total. The van der Waals surface area contributed by atoms with Crippen molar-refractivity contribution in [2.24, 2.45) is 17.3 Å². The zero-order valence-corrected chi connectivity index (χ0v) is 16.1. The lowest BCUT2D eigenvalue weighted by atomic mass is 9.47. The number of hydrogen-bond donors (Lipinski definition) is 2. The molecule has 0 aromatic heterocycles. The number of esters is 1. The van der Waals surface area contributed by atoms with Gasteiger partial charge in [0, 0.05) is 5.69 Å². The minimum atomic E-state index is -0.903. The molecule has 4 bridgehead atoms. The van der Waals surface area contributed by atoms with Gasteiger partial charge in [-0.1, -0.05) is 0 Å². The van der Waals surface area contributed by atoms with Crippen LogP contribution in [0, 0.1) is 28.6 Å². The molecule has 148 valence electrons. The molecular weight excluding hydrogens is 356 g/mol. The molecule has 0 spiro atoms. The van der Waals surface area contributed by atoms with Crippen molar-refractivity contribution in [2.75, 3.05) is 5.32 Å². The first kappa shape index (κ1) is 18.9. The van der Waals surface area contributed by atoms with Gasteiger partial charge in [-0.25, -0.2) is 0 Å². The Hall–Kier alpha value is -2.39. The number of anilines is 1. The third kappa shape index (κ3) is 3.77. The van der Waals surface area contributed by atoms with E-state index in [0.29, 0.717) is 29.5 Å². The number of aliphatic hydroxyl groups is 1. The fourth-order valence-electron chi connectivity index (χ4n) is 6.08. The standard InChI is InChI=1S/C22H26N2O4/c1-14(20(26)24-18-4-2-15(12-23)3-5-18)28-19(25)11-21-7-16-6-17(8-21)10-22(27,9-16)13-21/h2-5,14,16-17,27H,6-11,13H2,1H3,(H,24,26)/t14-,16-,17+,21?,22?/m0/s1. The summed E-state index contributed by atoms with van der Waals surface area (Å²) < 4.78 is 5.42. The summed E-state index contributed by atoms with van der Waals surface area (Å²) in [7, 11) is 0. The zero-order chi connectivity index (χ0) is 19.9. The second-order valence-electron chi connectivity index (χ2n) is 9.17. The Balaban J connectivity index is 1.33. The molecule has 2 unspecified atom stereocenters. The fraction of sp³-hybridized carbons (Fsp3) is 0.591. The van der Waals surface area contributed by atoms with Gasteiger partial charge in [0.25, 0.3) is 5.91 Å². The third-order valence-corrected chi connectivity index (χ3v) is 6.63. The van der Waals surface area contributed by atoms with E-state index in [2.05, 4.69) is 5.32 Å². The highest BCUT2D eigenvalue weighted by Gasteiger charge is 2.57. The number of rotatable bonds is 5. The highest BCUT2D eigenvalue weighted by molar-refractivity contribution is 5.95. The molecule has 6 nitrogen and oxygen atoms in total. The largest absolute Gasteiger partial charge is 0.453 e. The summed E-state index contributed by atoms with van der Waals surface area (Å²) >= 11 is 0. The molecule has 1 amide bonds. The lowest BCUT2D eigenvalue weighted by Crippen LogP contribution is -2.56. The monoisotopic (exact) mass is 382 g/mol. The summed E-state index contributed by atoms with van der Waals surface area (Å²) in [5, 5.41) is 22.3. The van der Waals surface area contributed by atoms with Gasteiger partial charge in [-0.3, -0.25) is 9.59 Å². The maximum absolute atomic E-state index is 12.6. The van der Waals surface area contributed by atoms with Crippen molar-refractivity contribution >= 4 is 17.6 Å². The highest BCUT2D eigenvalue weighted by atomic mass is 16.5. The van der Waals surface area contributed by atoms with Crippen LogP contribution >= 0.6 is 0 Å². The molecule has 0 aliphatic heterocycles. The summed E-state index contributed by atoms with van der Waals surface area (Å²) in [4.78, 5) is 24.9. The van der Waals surface area contributed by atoms with Gasteiger partial charge in [-0.2, -0.15) is 5.26 Å². The van der Waals surface area contributed by atoms with Crippen LogP contribution in [0.15, 0.2) is 24.3 Å². The quantitative estimate of drug-likeness (QED) is 0.762. The van der Waals surface area contributed by atoms with Crippen LogP contribution in [-0.4, -0.2) is 28.7 Å². The summed E-state index contributed by atoms with van der Waals surface area (Å²) in [5.74, 6) is 0.252. The van der Waals surface area contributed by atoms with Gasteiger partial charge in [0.05, 0.1) is 23.7 Å². The van der Waals surface area contributed by atoms with Crippen LogP contribution in [0.1, 0.15) is 57.4 Å². The van der Waals surface area contributed by atoms with Crippen LogP contribution in [0.25, 0.3) is 0 Å². The maximum atomic E-state index is 12.6. The Labute approximate surface area is 164 Å². The van der Waals surface area contributed by atoms with Crippen molar-refractivity contribution in [2.45, 2.75) is 63.6 Å². The second-order valence-corrected chi connectivity index (χ2v) is 9.17. The second kappa shape index (κ2) is 6.89. The van der Waals surface area contributed by atoms with E-state index in [4.69, 9.17) is 10.00 Å². The number of ether oxygens (including phenoxy) is 1. The third-order valence-electron chi connectivity index (χ3n) is 6.63. The molecule has 5 rings (SSSR count). The van der Waals surface area contributed by atoms with E-state index in [1.165, 1.54) is 6.42 Å². The molecular formula is C22H26N2O4. The van der Waals surface area contributed by atoms with Gasteiger partial charge < -0.3 is 15.2 Å². The molecule has 1 aromatic carbocycles. The van der Waals surface area contributed by atoms with E-state index in [1.807, 2.05) is 6.07 Å². The van der Waals surface area contributed by atoms with E-state index >= 15 is 0 Å². The molecule has 1 aromatic rings. The van der Waals surface area contributed by atoms with Crippen LogP contribution in [0.4, 0.5) is 5.69 Å². The van der Waals surface area contributed by atoms with E-state index in [9.17, 15) is 14.7 Å². The molecule has 0 saturated heterocycles. The predicted molar refractivity (Wildman–Crippen MR) is 102 cm³/mol. The highest BCUT2D eigenvalue weighted by Crippen LogP contribution is 2.62. The number of hydrogen-bond acceptors (Lipinski definition) is 5. The number of nitrogens with one attached hydrogen (secondary N) is 1. The minimum Gasteiger partial charge on any atom is -0.453 e. The smallest absolute Gasteiger partial charge is 0.307 e. The van der Waals surface area contributed by atoms with Crippen molar-refractivity contribution in [3.8, 4) is 6.07 Å². The van der Waals surface area contributed by atoms with Gasteiger partial charge in [0.2, 0.25) is 0 Å². The number of carbonyl (C=O) groups is 2. The van der Waals surface area contributed by atoms with Crippen molar-refractivity contribution < 1.29 is 19.4 Å². The number of carbonyl (C=O) groups excluding carboxylic acids is 2. The summed E-state index contributed by atoms with van der Waals surface area (Å²) in [6.07, 6.45) is 4.90. The normalized spacial score (nSPS) is 33.8. The Bertz CT molecular complexity index is 812. The summed E-state index contributed by atoms with van der Waals surface area (Å²) in [6, 6.07) is 8.53. The van der Waals surface area contributed by atoms with E-state index in [1.54, 1.807) is 31.2 Å². The van der Waals surface area contributed by atoms with Crippen LogP contribution in [-0.2, 0) is 14.3 Å². The van der Waals surface area contributed by atoms with E-state index in [0.717, 1.165) is 25.7 Å². The van der Waals surface area contributed by atoms with Crippen molar-refractivity contribution in [1.82, 2.24) is 0 Å². The Kier molecular flexibility index (Phi) is 4.67. The molecule has 4 aliphatic carbocycles. The number of nitriles is 1. The topological polar surface area (TPSA) is 99.4 Å². The Morgan fingerprint density at radius 2 is 1.89 bits per heavy atom. The number of benzene rings is 1.